The minimum atomic E-state index is 0.547. The Bertz CT molecular complexity index is 581. The van der Waals surface area contributed by atoms with Crippen molar-refractivity contribution in [3.05, 3.63) is 42.2 Å². The third kappa shape index (κ3) is 2.82. The number of aromatic nitrogens is 2. The van der Waals surface area contributed by atoms with Crippen LogP contribution in [-0.4, -0.2) is 23.1 Å². The van der Waals surface area contributed by atoms with Gasteiger partial charge in [-0.2, -0.15) is 4.98 Å². The zero-order valence-electron chi connectivity index (χ0n) is 11.5. The maximum Gasteiger partial charge on any atom is 0.233 e. The van der Waals surface area contributed by atoms with Crippen molar-refractivity contribution in [2.24, 2.45) is 0 Å². The highest BCUT2D eigenvalue weighted by Crippen LogP contribution is 2.32. The van der Waals surface area contributed by atoms with Gasteiger partial charge >= 0.3 is 0 Å². The fourth-order valence-corrected chi connectivity index (χ4v) is 2.18. The third-order valence-electron chi connectivity index (χ3n) is 3.42. The number of nitrogen functional groups attached to an aromatic ring is 1. The number of nitrogens with two attached hydrogens (primary N) is 1. The Morgan fingerprint density at radius 1 is 1.25 bits per heavy atom. The number of nitrogens with zero attached hydrogens (tertiary/aromatic N) is 3. The van der Waals surface area contributed by atoms with Crippen LogP contribution >= 0.6 is 0 Å². The van der Waals surface area contributed by atoms with Crippen LogP contribution in [0.15, 0.2) is 36.7 Å². The third-order valence-corrected chi connectivity index (χ3v) is 3.42. The predicted molar refractivity (Wildman–Crippen MR) is 78.6 cm³/mol. The van der Waals surface area contributed by atoms with Gasteiger partial charge in [-0.15, -0.1) is 0 Å². The van der Waals surface area contributed by atoms with E-state index in [1.807, 2.05) is 12.1 Å². The number of benzene rings is 1. The molecule has 0 atom stereocenters. The summed E-state index contributed by atoms with van der Waals surface area (Å²) in [6, 6.07) is 8.51. The summed E-state index contributed by atoms with van der Waals surface area (Å²) in [5.74, 6) is 1.41. The van der Waals surface area contributed by atoms with Gasteiger partial charge in [0.25, 0.3) is 0 Å². The summed E-state index contributed by atoms with van der Waals surface area (Å²) in [7, 11) is 1.61. The molecule has 1 aromatic carbocycles. The molecule has 5 nitrogen and oxygen atoms in total. The number of methoxy groups -OCH3 is 1. The van der Waals surface area contributed by atoms with E-state index in [1.165, 1.54) is 18.4 Å². The fourth-order valence-electron chi connectivity index (χ4n) is 2.18. The summed E-state index contributed by atoms with van der Waals surface area (Å²) in [5.41, 5.74) is 7.73. The molecule has 2 aromatic rings. The SMILES string of the molecule is COc1cncc(N(Cc2ccc(N)cc2)C2CC2)n1. The Labute approximate surface area is 118 Å². The first-order valence-electron chi connectivity index (χ1n) is 6.73. The van der Waals surface area contributed by atoms with Crippen LogP contribution in [0.2, 0.25) is 0 Å². The van der Waals surface area contributed by atoms with Crippen molar-refractivity contribution in [3.63, 3.8) is 0 Å². The maximum absolute atomic E-state index is 5.73. The van der Waals surface area contributed by atoms with Gasteiger partial charge < -0.3 is 15.4 Å². The van der Waals surface area contributed by atoms with E-state index < -0.39 is 0 Å². The molecule has 1 aliphatic carbocycles. The van der Waals surface area contributed by atoms with Gasteiger partial charge in [0, 0.05) is 18.3 Å². The molecule has 0 amide bonds. The van der Waals surface area contributed by atoms with E-state index in [0.29, 0.717) is 11.9 Å². The van der Waals surface area contributed by atoms with E-state index in [-0.39, 0.29) is 0 Å². The van der Waals surface area contributed by atoms with Crippen LogP contribution < -0.4 is 15.4 Å². The number of anilines is 2. The van der Waals surface area contributed by atoms with Crippen LogP contribution in [0, 0.1) is 0 Å². The lowest BCUT2D eigenvalue weighted by molar-refractivity contribution is 0.395. The van der Waals surface area contributed by atoms with Crippen molar-refractivity contribution in [2.45, 2.75) is 25.4 Å². The Balaban J connectivity index is 1.83. The molecular weight excluding hydrogens is 252 g/mol. The maximum atomic E-state index is 5.73. The standard InChI is InChI=1S/C15H18N4O/c1-20-15-9-17-8-14(18-15)19(13-6-7-13)10-11-2-4-12(16)5-3-11/h2-5,8-9,13H,6-7,10,16H2,1H3. The topological polar surface area (TPSA) is 64.3 Å². The first-order valence-corrected chi connectivity index (χ1v) is 6.73. The fraction of sp³-hybridized carbons (Fsp3) is 0.333. The summed E-state index contributed by atoms with van der Waals surface area (Å²) < 4.78 is 5.15. The van der Waals surface area contributed by atoms with Crippen LogP contribution in [0.3, 0.4) is 0 Å². The molecule has 1 aromatic heterocycles. The lowest BCUT2D eigenvalue weighted by atomic mass is 10.2. The molecule has 104 valence electrons. The summed E-state index contributed by atoms with van der Waals surface area (Å²) in [6.45, 7) is 0.812. The second-order valence-corrected chi connectivity index (χ2v) is 5.02. The van der Waals surface area contributed by atoms with E-state index in [0.717, 1.165) is 18.1 Å². The quantitative estimate of drug-likeness (QED) is 0.844. The van der Waals surface area contributed by atoms with Crippen molar-refractivity contribution in [1.29, 1.82) is 0 Å². The monoisotopic (exact) mass is 270 g/mol. The molecule has 0 bridgehead atoms. The molecule has 1 heterocycles. The van der Waals surface area contributed by atoms with Crippen molar-refractivity contribution in [3.8, 4) is 5.88 Å². The largest absolute Gasteiger partial charge is 0.480 e. The predicted octanol–water partition coefficient (Wildman–Crippen LogP) is 2.24. The zero-order chi connectivity index (χ0) is 13.9. The molecule has 0 saturated heterocycles. The second kappa shape index (κ2) is 5.36. The smallest absolute Gasteiger partial charge is 0.233 e. The van der Waals surface area contributed by atoms with Gasteiger partial charge in [-0.3, -0.25) is 4.98 Å². The molecule has 0 spiro atoms. The van der Waals surface area contributed by atoms with Gasteiger partial charge in [-0.05, 0) is 30.5 Å². The van der Waals surface area contributed by atoms with Crippen LogP contribution in [0.25, 0.3) is 0 Å². The minimum absolute atomic E-state index is 0.547. The number of hydrogen-bond acceptors (Lipinski definition) is 5. The van der Waals surface area contributed by atoms with Crippen LogP contribution in [0.4, 0.5) is 11.5 Å². The molecule has 1 saturated carbocycles. The van der Waals surface area contributed by atoms with E-state index in [4.69, 9.17) is 10.5 Å². The Hall–Kier alpha value is -2.30. The molecule has 2 N–H and O–H groups in total. The van der Waals surface area contributed by atoms with E-state index in [9.17, 15) is 0 Å². The van der Waals surface area contributed by atoms with Crippen LogP contribution in [-0.2, 0) is 6.54 Å². The molecule has 20 heavy (non-hydrogen) atoms. The second-order valence-electron chi connectivity index (χ2n) is 5.02. The van der Waals surface area contributed by atoms with Gasteiger partial charge in [0.05, 0.1) is 19.5 Å². The highest BCUT2D eigenvalue weighted by molar-refractivity contribution is 5.44. The average molecular weight is 270 g/mol. The highest BCUT2D eigenvalue weighted by Gasteiger charge is 2.30. The molecule has 0 aliphatic heterocycles. The molecule has 1 aliphatic rings. The lowest BCUT2D eigenvalue weighted by Crippen LogP contribution is -2.26. The summed E-state index contributed by atoms with van der Waals surface area (Å²) in [4.78, 5) is 11.0. The molecular formula is C15H18N4O. The average Bonchev–Trinajstić information content (AvgIpc) is 3.31. The van der Waals surface area contributed by atoms with Crippen molar-refractivity contribution < 1.29 is 4.74 Å². The summed E-state index contributed by atoms with van der Waals surface area (Å²) >= 11 is 0. The van der Waals surface area contributed by atoms with Crippen molar-refractivity contribution in [1.82, 2.24) is 9.97 Å². The van der Waals surface area contributed by atoms with Gasteiger partial charge in [-0.25, -0.2) is 0 Å². The number of ether oxygens (including phenoxy) is 1. The summed E-state index contributed by atoms with van der Waals surface area (Å²) in [5, 5.41) is 0. The first-order chi connectivity index (χ1) is 9.76. The molecule has 0 radical (unpaired) electrons. The summed E-state index contributed by atoms with van der Waals surface area (Å²) in [6.07, 6.45) is 5.82. The normalized spacial score (nSPS) is 14.1. The van der Waals surface area contributed by atoms with Gasteiger partial charge in [0.15, 0.2) is 5.82 Å². The number of rotatable bonds is 5. The van der Waals surface area contributed by atoms with E-state index in [2.05, 4.69) is 27.0 Å². The minimum Gasteiger partial charge on any atom is -0.480 e. The van der Waals surface area contributed by atoms with E-state index in [1.54, 1.807) is 19.5 Å². The first kappa shape index (κ1) is 12.7. The Kier molecular flexibility index (Phi) is 3.41. The zero-order valence-corrected chi connectivity index (χ0v) is 11.5. The molecule has 3 rings (SSSR count). The van der Waals surface area contributed by atoms with Gasteiger partial charge in [0.1, 0.15) is 0 Å². The molecule has 1 fully saturated rings. The lowest BCUT2D eigenvalue weighted by Gasteiger charge is -2.23. The highest BCUT2D eigenvalue weighted by atomic mass is 16.5. The number of hydrogen-bond donors (Lipinski definition) is 1. The van der Waals surface area contributed by atoms with Crippen molar-refractivity contribution >= 4 is 11.5 Å². The van der Waals surface area contributed by atoms with Gasteiger partial charge in [0.2, 0.25) is 5.88 Å². The van der Waals surface area contributed by atoms with E-state index >= 15 is 0 Å². The van der Waals surface area contributed by atoms with Crippen molar-refractivity contribution in [2.75, 3.05) is 17.7 Å². The van der Waals surface area contributed by atoms with Crippen LogP contribution in [0.5, 0.6) is 5.88 Å². The molecule has 0 unspecified atom stereocenters. The van der Waals surface area contributed by atoms with Gasteiger partial charge in [-0.1, -0.05) is 12.1 Å². The Morgan fingerprint density at radius 3 is 2.65 bits per heavy atom. The molecule has 5 heteroatoms. The van der Waals surface area contributed by atoms with Crippen LogP contribution in [0.1, 0.15) is 18.4 Å². The Morgan fingerprint density at radius 2 is 2.00 bits per heavy atom.